The molecule has 0 aliphatic carbocycles. The van der Waals surface area contributed by atoms with Crippen molar-refractivity contribution in [1.82, 2.24) is 41.8 Å². The van der Waals surface area contributed by atoms with E-state index in [4.69, 9.17) is 28.7 Å². The predicted molar refractivity (Wildman–Crippen MR) is 257 cm³/mol. The Morgan fingerprint density at radius 3 is 1.87 bits per heavy atom. The highest BCUT2D eigenvalue weighted by molar-refractivity contribution is 6.00. The zero-order chi connectivity index (χ0) is 53.1. The lowest BCUT2D eigenvalue weighted by Crippen LogP contribution is -2.62. The number of hydrogen-bond acceptors (Lipinski definition) is 13. The number of aliphatic carboxylic acids is 1. The van der Waals surface area contributed by atoms with Crippen LogP contribution in [0.2, 0.25) is 0 Å². The number of nitrogens with zero attached hydrogens (tertiary/aromatic N) is 2. The van der Waals surface area contributed by atoms with Gasteiger partial charge in [-0.3, -0.25) is 48.1 Å². The van der Waals surface area contributed by atoms with Crippen molar-refractivity contribution < 1.29 is 58.2 Å². The highest BCUT2D eigenvalue weighted by atomic mass is 16.4. The van der Waals surface area contributed by atoms with Gasteiger partial charge in [-0.25, -0.2) is 4.79 Å². The normalized spacial score (nSPS) is 17.1. The van der Waals surface area contributed by atoms with E-state index in [1.807, 2.05) is 0 Å². The number of aromatic amines is 1. The van der Waals surface area contributed by atoms with Crippen LogP contribution in [0.5, 0.6) is 0 Å². The van der Waals surface area contributed by atoms with Crippen LogP contribution in [0.1, 0.15) is 84.6 Å². The summed E-state index contributed by atoms with van der Waals surface area (Å²) >= 11 is 0. The lowest BCUT2D eigenvalue weighted by Gasteiger charge is -2.33. The second-order valence-corrected chi connectivity index (χ2v) is 17.7. The van der Waals surface area contributed by atoms with E-state index in [0.717, 1.165) is 10.9 Å². The summed E-state index contributed by atoms with van der Waals surface area (Å²) in [6.07, 6.45) is 1.57. The zero-order valence-electron chi connectivity index (χ0n) is 40.4. The fourth-order valence-corrected chi connectivity index (χ4v) is 7.84. The quantitative estimate of drug-likeness (QED) is 0.0209. The first-order valence-corrected chi connectivity index (χ1v) is 23.4. The number of nitrogens with two attached hydrogens (primary N) is 5. The molecule has 1 saturated heterocycles. The van der Waals surface area contributed by atoms with Crippen molar-refractivity contribution in [3.05, 3.63) is 36.0 Å². The number of guanidine groups is 1. The molecule has 9 amide bonds. The number of carbonyl (C=O) groups excluding carboxylic acids is 9. The Morgan fingerprint density at radius 1 is 0.746 bits per heavy atom. The Kier molecular flexibility index (Phi) is 22.6. The van der Waals surface area contributed by atoms with Gasteiger partial charge in [0.05, 0.1) is 25.5 Å². The summed E-state index contributed by atoms with van der Waals surface area (Å²) in [5.74, 6) is -11.1. The maximum absolute atomic E-state index is 14.5. The van der Waals surface area contributed by atoms with Gasteiger partial charge in [0, 0.05) is 36.6 Å². The average Bonchev–Trinajstić information content (AvgIpc) is 3.99. The molecule has 2 heterocycles. The Labute approximate surface area is 410 Å². The number of aromatic nitrogens is 1. The summed E-state index contributed by atoms with van der Waals surface area (Å²) in [5.41, 5.74) is 29.0. The Balaban J connectivity index is 1.84. The molecule has 71 heavy (non-hydrogen) atoms. The lowest BCUT2D eigenvalue weighted by atomic mass is 9.96. The van der Waals surface area contributed by atoms with Crippen LogP contribution in [0.4, 0.5) is 0 Å². The van der Waals surface area contributed by atoms with E-state index in [-0.39, 0.29) is 38.3 Å². The number of aliphatic imine (C=N–C) groups is 1. The third-order valence-corrected chi connectivity index (χ3v) is 12.3. The molecule has 0 bridgehead atoms. The third-order valence-electron chi connectivity index (χ3n) is 12.3. The molecule has 1 aliphatic heterocycles. The number of nitrogens with one attached hydrogen (secondary N) is 7. The number of aliphatic hydroxyl groups is 1. The molecule has 0 unspecified atom stereocenters. The van der Waals surface area contributed by atoms with Crippen LogP contribution in [-0.2, 0) is 54.4 Å². The molecule has 1 aromatic heterocycles. The minimum atomic E-state index is -1.77. The molecule has 392 valence electrons. The molecule has 1 fully saturated rings. The number of H-pyrrole nitrogens is 1. The van der Waals surface area contributed by atoms with E-state index in [9.17, 15) is 58.2 Å². The molecule has 0 radical (unpaired) electrons. The molecule has 10 atom stereocenters. The van der Waals surface area contributed by atoms with Crippen molar-refractivity contribution in [2.24, 2.45) is 45.5 Å². The van der Waals surface area contributed by atoms with Gasteiger partial charge >= 0.3 is 5.97 Å². The number of benzene rings is 1. The second-order valence-electron chi connectivity index (χ2n) is 17.7. The standard InChI is InChI=1S/C45H70N14O12/c1-5-22(3)35(57-37(63)26(46)12-9-15-51-45(49)50)42(68)55-29(18-33(47)61)39(65)53-30(19-34(48)62)40(66)58-36(23(4)6-2)43(69)59-16-10-14-32(59)41(67)54-28(38(64)56-31(21-60)44(70)71)17-24-20-52-27-13-8-7-11-25(24)27/h7-8,11,13,20,22-23,26,28-32,35-36,52,60H,5-6,9-10,12,14-19,21,46H2,1-4H3,(H2,47,61)(H2,48,62)(H,53,65)(H,54,67)(H,55,68)(H,56,64)(H,57,63)(H,58,66)(H,70,71)(H4,49,50,51)/t22-,23-,26-,28-,29-,30-,31-,32-,35-,36-/m0/s1. The number of likely N-dealkylation sites (tertiary alicyclic amines) is 1. The SMILES string of the molecule is CC[C@H](C)[C@H](NC(=O)[C@@H](N)CCCN=C(N)N)C(=O)N[C@@H](CC(N)=O)C(=O)N[C@@H](CC(N)=O)C(=O)N[C@H](C(=O)N1CCC[C@H]1C(=O)N[C@@H](Cc1c[nH]c2ccccc12)C(=O)N[C@@H](CO)C(=O)O)[C@@H](C)CC. The number of fused-ring (bicyclic) bond motifs is 1. The number of hydrogen-bond donors (Lipinski definition) is 14. The number of carboxylic acid groups (broad SMARTS) is 1. The molecule has 0 spiro atoms. The molecule has 19 N–H and O–H groups in total. The Bertz CT molecular complexity index is 2270. The van der Waals surface area contributed by atoms with Crippen LogP contribution in [0, 0.1) is 11.8 Å². The molecule has 26 heteroatoms. The summed E-state index contributed by atoms with van der Waals surface area (Å²) in [4.78, 5) is 141. The van der Waals surface area contributed by atoms with E-state index in [1.165, 1.54) is 4.90 Å². The summed E-state index contributed by atoms with van der Waals surface area (Å²) < 4.78 is 0. The fraction of sp³-hybridized carbons (Fsp3) is 0.578. The molecule has 1 aliphatic rings. The number of carboxylic acids is 1. The molecule has 3 rings (SSSR count). The Morgan fingerprint density at radius 2 is 1.30 bits per heavy atom. The fourth-order valence-electron chi connectivity index (χ4n) is 7.84. The van der Waals surface area contributed by atoms with Crippen LogP contribution >= 0.6 is 0 Å². The molecule has 2 aromatic rings. The van der Waals surface area contributed by atoms with Crippen molar-refractivity contribution in [3.63, 3.8) is 0 Å². The average molecular weight is 999 g/mol. The van der Waals surface area contributed by atoms with E-state index < -0.39 is 139 Å². The van der Waals surface area contributed by atoms with Crippen molar-refractivity contribution in [3.8, 4) is 0 Å². The number of amides is 9. The van der Waals surface area contributed by atoms with Crippen LogP contribution < -0.4 is 60.6 Å². The van der Waals surface area contributed by atoms with Gasteiger partial charge in [0.25, 0.3) is 0 Å². The maximum Gasteiger partial charge on any atom is 0.328 e. The van der Waals surface area contributed by atoms with Gasteiger partial charge in [0.2, 0.25) is 53.2 Å². The smallest absolute Gasteiger partial charge is 0.328 e. The molecular formula is C45H70N14O12. The van der Waals surface area contributed by atoms with Crippen LogP contribution in [0.25, 0.3) is 10.9 Å². The van der Waals surface area contributed by atoms with Crippen molar-refractivity contribution in [1.29, 1.82) is 0 Å². The van der Waals surface area contributed by atoms with Gasteiger partial charge < -0.3 is 80.7 Å². The molecular weight excluding hydrogens is 929 g/mol. The first-order valence-electron chi connectivity index (χ1n) is 23.4. The third kappa shape index (κ3) is 17.2. The number of primary amides is 2. The highest BCUT2D eigenvalue weighted by Crippen LogP contribution is 2.24. The molecule has 1 aromatic carbocycles. The molecule has 26 nitrogen and oxygen atoms in total. The minimum Gasteiger partial charge on any atom is -0.480 e. The first kappa shape index (κ1) is 58.0. The summed E-state index contributed by atoms with van der Waals surface area (Å²) in [5, 5.41) is 34.7. The van der Waals surface area contributed by atoms with Crippen molar-refractivity contribution in [2.75, 3.05) is 19.7 Å². The van der Waals surface area contributed by atoms with Gasteiger partial charge in [0.15, 0.2) is 5.96 Å². The lowest BCUT2D eigenvalue weighted by molar-refractivity contribution is -0.145. The van der Waals surface area contributed by atoms with Crippen LogP contribution in [-0.4, -0.2) is 153 Å². The van der Waals surface area contributed by atoms with Crippen LogP contribution in [0.3, 0.4) is 0 Å². The largest absolute Gasteiger partial charge is 0.480 e. The highest BCUT2D eigenvalue weighted by Gasteiger charge is 2.42. The minimum absolute atomic E-state index is 0.0457. The topological polar surface area (TPSA) is 445 Å². The maximum atomic E-state index is 14.5. The van der Waals surface area contributed by atoms with E-state index in [1.54, 1.807) is 58.2 Å². The number of carbonyl (C=O) groups is 10. The molecule has 0 saturated carbocycles. The van der Waals surface area contributed by atoms with Crippen molar-refractivity contribution in [2.45, 2.75) is 134 Å². The zero-order valence-corrected chi connectivity index (χ0v) is 40.4. The van der Waals surface area contributed by atoms with E-state index >= 15 is 0 Å². The van der Waals surface area contributed by atoms with Gasteiger partial charge in [-0.2, -0.15) is 0 Å². The Hall–Kier alpha value is -7.35. The summed E-state index contributed by atoms with van der Waals surface area (Å²) in [6.45, 7) is 6.08. The van der Waals surface area contributed by atoms with Crippen molar-refractivity contribution >= 4 is 76.0 Å². The van der Waals surface area contributed by atoms with E-state index in [2.05, 4.69) is 41.9 Å². The van der Waals surface area contributed by atoms with Gasteiger partial charge in [0.1, 0.15) is 42.3 Å². The summed E-state index contributed by atoms with van der Waals surface area (Å²) in [7, 11) is 0. The number of rotatable bonds is 29. The van der Waals surface area contributed by atoms with Gasteiger partial charge in [-0.05, 0) is 49.1 Å². The summed E-state index contributed by atoms with van der Waals surface area (Å²) in [6, 6.07) is -4.29. The number of para-hydroxylation sites is 1. The predicted octanol–water partition coefficient (Wildman–Crippen LogP) is -4.09. The first-order chi connectivity index (χ1) is 33.5. The monoisotopic (exact) mass is 999 g/mol. The van der Waals surface area contributed by atoms with E-state index in [0.29, 0.717) is 31.2 Å². The second kappa shape index (κ2) is 27.7. The van der Waals surface area contributed by atoms with Gasteiger partial charge in [-0.15, -0.1) is 0 Å². The number of aliphatic hydroxyl groups excluding tert-OH is 1. The van der Waals surface area contributed by atoms with Gasteiger partial charge in [-0.1, -0.05) is 58.7 Å². The van der Waals surface area contributed by atoms with Crippen LogP contribution in [0.15, 0.2) is 35.5 Å².